The summed E-state index contributed by atoms with van der Waals surface area (Å²) in [6, 6.07) is 1.94. The lowest BCUT2D eigenvalue weighted by molar-refractivity contribution is 0.202. The number of halogens is 1. The largest absolute Gasteiger partial charge is 0.474 e. The summed E-state index contributed by atoms with van der Waals surface area (Å²) in [5, 5.41) is 0. The van der Waals surface area contributed by atoms with Gasteiger partial charge in [0, 0.05) is 13.6 Å². The fourth-order valence-corrected chi connectivity index (χ4v) is 2.01. The van der Waals surface area contributed by atoms with E-state index in [2.05, 4.69) is 39.4 Å². The van der Waals surface area contributed by atoms with E-state index >= 15 is 0 Å². The average molecular weight is 354 g/mol. The summed E-state index contributed by atoms with van der Waals surface area (Å²) in [7, 11) is 1.99. The van der Waals surface area contributed by atoms with Crippen molar-refractivity contribution in [2.45, 2.75) is 39.7 Å². The molecule has 0 spiro atoms. The lowest BCUT2D eigenvalue weighted by atomic mass is 10.2. The molecule has 0 aromatic carbocycles. The van der Waals surface area contributed by atoms with Crippen molar-refractivity contribution < 1.29 is 4.74 Å². The normalized spacial score (nSPS) is 12.4. The molecule has 0 aliphatic carbocycles. The van der Waals surface area contributed by atoms with Crippen LogP contribution < -0.4 is 4.74 Å². The van der Waals surface area contributed by atoms with Gasteiger partial charge in [0.1, 0.15) is 0 Å². The summed E-state index contributed by atoms with van der Waals surface area (Å²) in [4.78, 5) is 11.0. The van der Waals surface area contributed by atoms with E-state index in [0.717, 1.165) is 35.2 Å². The molecule has 0 saturated heterocycles. The summed E-state index contributed by atoms with van der Waals surface area (Å²) in [5.41, 5.74) is 1.69. The Morgan fingerprint density at radius 3 is 2.90 bits per heavy atom. The highest BCUT2D eigenvalue weighted by molar-refractivity contribution is 9.10. The van der Waals surface area contributed by atoms with Crippen LogP contribution in [0.5, 0.6) is 5.88 Å². The average Bonchev–Trinajstić information content (AvgIpc) is 2.46. The van der Waals surface area contributed by atoms with Gasteiger partial charge in [-0.1, -0.05) is 6.08 Å². The topological polar surface area (TPSA) is 37.7 Å². The van der Waals surface area contributed by atoms with E-state index in [1.807, 2.05) is 44.3 Å². The fourth-order valence-electron chi connectivity index (χ4n) is 1.61. The highest BCUT2D eigenvalue weighted by Gasteiger charge is 2.11. The van der Waals surface area contributed by atoms with Crippen LogP contribution in [0.2, 0.25) is 0 Å². The third-order valence-electron chi connectivity index (χ3n) is 3.09. The van der Waals surface area contributed by atoms with Gasteiger partial charge >= 0.3 is 0 Å². The fraction of sp³-hybridized carbons (Fsp3) is 0.500. The predicted octanol–water partition coefficient (Wildman–Crippen LogP) is 4.50. The van der Waals surface area contributed by atoms with Crippen LogP contribution in [0, 0.1) is 6.92 Å². The molecule has 1 rings (SSSR count). The summed E-state index contributed by atoms with van der Waals surface area (Å²) < 4.78 is 6.69. The van der Waals surface area contributed by atoms with Crippen molar-refractivity contribution in [2.75, 3.05) is 13.6 Å². The van der Waals surface area contributed by atoms with E-state index < -0.39 is 0 Å². The van der Waals surface area contributed by atoms with Crippen molar-refractivity contribution in [3.8, 4) is 5.88 Å². The molecule has 0 saturated carbocycles. The molecule has 1 aromatic rings. The number of rotatable bonds is 8. The number of aromatic nitrogens is 1. The SMILES string of the molecule is C=CCCC(C)Oc1nc(C)c(N=CN(C)CC)cc1Br. The molecule has 0 radical (unpaired) electrons. The number of hydrogen-bond acceptors (Lipinski definition) is 3. The van der Waals surface area contributed by atoms with Gasteiger partial charge in [-0.2, -0.15) is 0 Å². The standard InChI is InChI=1S/C16H24BrN3O/c1-6-8-9-12(3)21-16-14(17)10-15(13(4)19-16)18-11-20(5)7-2/h6,10-12H,1,7-9H2,2-5H3. The van der Waals surface area contributed by atoms with Crippen LogP contribution in [-0.2, 0) is 0 Å². The molecule has 4 nitrogen and oxygen atoms in total. The minimum absolute atomic E-state index is 0.103. The Bertz CT molecular complexity index is 503. The maximum atomic E-state index is 5.86. The first-order chi connectivity index (χ1) is 9.97. The molecule has 5 heteroatoms. The quantitative estimate of drug-likeness (QED) is 0.392. The second-order valence-electron chi connectivity index (χ2n) is 4.99. The third-order valence-corrected chi connectivity index (χ3v) is 3.66. The highest BCUT2D eigenvalue weighted by atomic mass is 79.9. The molecule has 0 fully saturated rings. The molecular weight excluding hydrogens is 330 g/mol. The molecule has 0 amide bonds. The second-order valence-corrected chi connectivity index (χ2v) is 5.85. The van der Waals surface area contributed by atoms with Gasteiger partial charge in [0.25, 0.3) is 0 Å². The van der Waals surface area contributed by atoms with Gasteiger partial charge in [0.2, 0.25) is 5.88 Å². The second kappa shape index (κ2) is 8.82. The van der Waals surface area contributed by atoms with Crippen molar-refractivity contribution in [2.24, 2.45) is 4.99 Å². The van der Waals surface area contributed by atoms with Gasteiger partial charge in [0.05, 0.1) is 28.3 Å². The summed E-state index contributed by atoms with van der Waals surface area (Å²) in [6.45, 7) is 10.7. The number of aliphatic imine (C=N–C) groups is 1. The number of allylic oxidation sites excluding steroid dienone is 1. The van der Waals surface area contributed by atoms with Gasteiger partial charge in [-0.25, -0.2) is 9.98 Å². The number of ether oxygens (including phenoxy) is 1. The monoisotopic (exact) mass is 353 g/mol. The van der Waals surface area contributed by atoms with Crippen LogP contribution in [0.3, 0.4) is 0 Å². The molecule has 116 valence electrons. The Balaban J connectivity index is 2.84. The van der Waals surface area contributed by atoms with E-state index in [1.165, 1.54) is 0 Å². The summed E-state index contributed by atoms with van der Waals surface area (Å²) >= 11 is 3.51. The zero-order chi connectivity index (χ0) is 15.8. The zero-order valence-electron chi connectivity index (χ0n) is 13.3. The number of nitrogens with zero attached hydrogens (tertiary/aromatic N) is 3. The molecule has 1 aromatic heterocycles. The first-order valence-electron chi connectivity index (χ1n) is 7.17. The van der Waals surface area contributed by atoms with Gasteiger partial charge in [-0.15, -0.1) is 6.58 Å². The van der Waals surface area contributed by atoms with Crippen LogP contribution in [0.25, 0.3) is 0 Å². The van der Waals surface area contributed by atoms with Gasteiger partial charge < -0.3 is 9.64 Å². The van der Waals surface area contributed by atoms with E-state index in [1.54, 1.807) is 0 Å². The van der Waals surface area contributed by atoms with E-state index in [4.69, 9.17) is 4.74 Å². The smallest absolute Gasteiger partial charge is 0.228 e. The van der Waals surface area contributed by atoms with Crippen LogP contribution in [0.4, 0.5) is 5.69 Å². The van der Waals surface area contributed by atoms with Crippen molar-refractivity contribution >= 4 is 28.0 Å². The molecule has 1 atom stereocenters. The highest BCUT2D eigenvalue weighted by Crippen LogP contribution is 2.30. The summed E-state index contributed by atoms with van der Waals surface area (Å²) in [6.07, 6.45) is 5.67. The third kappa shape index (κ3) is 5.87. The molecule has 21 heavy (non-hydrogen) atoms. The maximum Gasteiger partial charge on any atom is 0.228 e. The molecule has 0 N–H and O–H groups in total. The minimum atomic E-state index is 0.103. The van der Waals surface area contributed by atoms with E-state index in [9.17, 15) is 0 Å². The van der Waals surface area contributed by atoms with Crippen molar-refractivity contribution in [3.63, 3.8) is 0 Å². The maximum absolute atomic E-state index is 5.86. The van der Waals surface area contributed by atoms with E-state index in [-0.39, 0.29) is 6.10 Å². The Kier molecular flexibility index (Phi) is 7.43. The van der Waals surface area contributed by atoms with Gasteiger partial charge in [-0.05, 0) is 55.6 Å². The van der Waals surface area contributed by atoms with Crippen molar-refractivity contribution in [1.29, 1.82) is 0 Å². The van der Waals surface area contributed by atoms with Crippen molar-refractivity contribution in [3.05, 3.63) is 28.9 Å². The minimum Gasteiger partial charge on any atom is -0.474 e. The molecule has 1 unspecified atom stereocenters. The van der Waals surface area contributed by atoms with Crippen molar-refractivity contribution in [1.82, 2.24) is 9.88 Å². The Morgan fingerprint density at radius 1 is 1.57 bits per heavy atom. The Labute approximate surface area is 136 Å². The van der Waals surface area contributed by atoms with Crippen LogP contribution in [0.1, 0.15) is 32.4 Å². The molecule has 0 bridgehead atoms. The number of aryl methyl sites for hydroxylation is 1. The van der Waals surface area contributed by atoms with Crippen LogP contribution in [-0.4, -0.2) is 35.9 Å². The van der Waals surface area contributed by atoms with Gasteiger partial charge in [-0.3, -0.25) is 0 Å². The molecule has 0 aliphatic rings. The van der Waals surface area contributed by atoms with E-state index in [0.29, 0.717) is 5.88 Å². The summed E-state index contributed by atoms with van der Waals surface area (Å²) in [5.74, 6) is 0.617. The van der Waals surface area contributed by atoms with Crippen LogP contribution >= 0.6 is 15.9 Å². The predicted molar refractivity (Wildman–Crippen MR) is 92.7 cm³/mol. The molecule has 1 heterocycles. The molecule has 0 aliphatic heterocycles. The first-order valence-corrected chi connectivity index (χ1v) is 7.96. The lowest BCUT2D eigenvalue weighted by Gasteiger charge is -2.15. The molecular formula is C16H24BrN3O. The zero-order valence-corrected chi connectivity index (χ0v) is 14.9. The Hall–Kier alpha value is -1.36. The first kappa shape index (κ1) is 17.7. The lowest BCUT2D eigenvalue weighted by Crippen LogP contribution is -2.14. The van der Waals surface area contributed by atoms with Gasteiger partial charge in [0.15, 0.2) is 0 Å². The van der Waals surface area contributed by atoms with Crippen LogP contribution in [0.15, 0.2) is 28.2 Å². The number of hydrogen-bond donors (Lipinski definition) is 0. The Morgan fingerprint density at radius 2 is 2.29 bits per heavy atom. The number of pyridine rings is 1.